The van der Waals surface area contributed by atoms with Gasteiger partial charge in [-0.25, -0.2) is 0 Å². The Morgan fingerprint density at radius 1 is 0.875 bits per heavy atom. The van der Waals surface area contributed by atoms with E-state index < -0.39 is 0 Å². The van der Waals surface area contributed by atoms with Crippen LogP contribution < -0.4 is 0 Å². The lowest BCUT2D eigenvalue weighted by atomic mass is 9.51. The van der Waals surface area contributed by atoms with Crippen LogP contribution in [0.3, 0.4) is 0 Å². The highest BCUT2D eigenvalue weighted by Crippen LogP contribution is 2.75. The Bertz CT molecular complexity index is 2820. The van der Waals surface area contributed by atoms with E-state index in [4.69, 9.17) is 4.74 Å². The van der Waals surface area contributed by atoms with Gasteiger partial charge in [0.05, 0.1) is 12.5 Å². The largest absolute Gasteiger partial charge is 0.469 e. The van der Waals surface area contributed by atoms with Gasteiger partial charge in [0.1, 0.15) is 0 Å². The summed E-state index contributed by atoms with van der Waals surface area (Å²) in [7, 11) is 1.51. The Hall–Kier alpha value is -4.73. The average Bonchev–Trinajstić information content (AvgIpc) is 3.85. The molecule has 14 rings (SSSR count). The monoisotopic (exact) mass is 617 g/mol. The van der Waals surface area contributed by atoms with E-state index in [1.54, 1.807) is 82.2 Å². The molecule has 0 saturated carbocycles. The zero-order chi connectivity index (χ0) is 30.9. The number of likely N-dealkylation sites (tertiary alicyclic amines) is 1. The number of carbonyl (C=O) groups excluding carboxylic acids is 1. The van der Waals surface area contributed by atoms with Crippen molar-refractivity contribution in [3.63, 3.8) is 0 Å². The Balaban J connectivity index is 1.11. The molecule has 5 atom stereocenters. The molecule has 48 heavy (non-hydrogen) atoms. The highest BCUT2D eigenvalue weighted by molar-refractivity contribution is 6.48. The number of nitrogens with zero attached hydrogens (tertiary/aromatic N) is 1. The molecule has 0 radical (unpaired) electrons. The third-order valence-corrected chi connectivity index (χ3v) is 14.3. The maximum absolute atomic E-state index is 12.3. The molecule has 0 amide bonds. The molecule has 6 aliphatic carbocycles. The summed E-state index contributed by atoms with van der Waals surface area (Å²) < 4.78 is 5.07. The van der Waals surface area contributed by atoms with Crippen LogP contribution in [-0.2, 0) is 27.8 Å². The Kier molecular flexibility index (Phi) is 3.79. The third-order valence-electron chi connectivity index (χ3n) is 14.3. The molecule has 228 valence electrons. The van der Waals surface area contributed by atoms with E-state index >= 15 is 0 Å². The molecular formula is C45H31NO2. The molecule has 7 aliphatic rings. The molecule has 2 unspecified atom stereocenters. The van der Waals surface area contributed by atoms with E-state index in [1.165, 1.54) is 40.8 Å². The first-order chi connectivity index (χ1) is 23.7. The maximum Gasteiger partial charge on any atom is 0.305 e. The zero-order valence-corrected chi connectivity index (χ0v) is 26.7. The van der Waals surface area contributed by atoms with Gasteiger partial charge in [-0.15, -0.1) is 0 Å². The SMILES string of the molecule is COC(=O)CCCC(c1ccccc1)N1[C@H]2C=CC3=C4c5c6c7c(cc8ccc9cc%10c%11c%12c(c5c5c%11c9c8c75)C42[C@@H]1C=C%12C%10)C[C@@H]6C3. The van der Waals surface area contributed by atoms with Crippen molar-refractivity contribution in [2.24, 2.45) is 0 Å². The minimum Gasteiger partial charge on any atom is -0.469 e. The summed E-state index contributed by atoms with van der Waals surface area (Å²) in [6.07, 6.45) is 13.5. The van der Waals surface area contributed by atoms with Gasteiger partial charge in [0.2, 0.25) is 0 Å². The summed E-state index contributed by atoms with van der Waals surface area (Å²) in [6, 6.07) is 21.9. The van der Waals surface area contributed by atoms with Crippen molar-refractivity contribution in [1.82, 2.24) is 4.90 Å². The van der Waals surface area contributed by atoms with Gasteiger partial charge in [0.15, 0.2) is 0 Å². The second-order valence-corrected chi connectivity index (χ2v) is 16.0. The van der Waals surface area contributed by atoms with Crippen LogP contribution in [0.25, 0.3) is 65.0 Å². The first kappa shape index (κ1) is 24.4. The second kappa shape index (κ2) is 7.46. The molecular weight excluding hydrogens is 587 g/mol. The van der Waals surface area contributed by atoms with E-state index in [0.717, 1.165) is 25.7 Å². The number of hydrogen-bond donors (Lipinski definition) is 0. The quantitative estimate of drug-likeness (QED) is 0.138. The number of benzene rings is 6. The zero-order valence-electron chi connectivity index (χ0n) is 26.7. The third kappa shape index (κ3) is 2.23. The molecule has 1 fully saturated rings. The van der Waals surface area contributed by atoms with E-state index in [2.05, 4.69) is 77.7 Å². The summed E-state index contributed by atoms with van der Waals surface area (Å²) in [4.78, 5) is 15.1. The predicted octanol–water partition coefficient (Wildman–Crippen LogP) is 9.47. The van der Waals surface area contributed by atoms with Crippen LogP contribution >= 0.6 is 0 Å². The van der Waals surface area contributed by atoms with Gasteiger partial charge in [0, 0.05) is 24.5 Å². The van der Waals surface area contributed by atoms with Gasteiger partial charge in [-0.3, -0.25) is 9.69 Å². The minimum atomic E-state index is -0.111. The summed E-state index contributed by atoms with van der Waals surface area (Å²) in [5.41, 5.74) is 16.0. The maximum atomic E-state index is 12.3. The van der Waals surface area contributed by atoms with Gasteiger partial charge in [-0.1, -0.05) is 72.8 Å². The lowest BCUT2D eigenvalue weighted by molar-refractivity contribution is -0.140. The fourth-order valence-electron chi connectivity index (χ4n) is 13.1. The lowest BCUT2D eigenvalue weighted by Crippen LogP contribution is -2.74. The highest BCUT2D eigenvalue weighted by atomic mass is 16.5. The first-order valence-corrected chi connectivity index (χ1v) is 18.0. The molecule has 3 nitrogen and oxygen atoms in total. The molecule has 1 saturated heterocycles. The molecule has 3 heteroatoms. The summed E-state index contributed by atoms with van der Waals surface area (Å²) in [5, 5.41) is 15.6. The van der Waals surface area contributed by atoms with Gasteiger partial charge >= 0.3 is 5.97 Å². The van der Waals surface area contributed by atoms with Gasteiger partial charge in [-0.05, 0) is 148 Å². The predicted molar refractivity (Wildman–Crippen MR) is 192 cm³/mol. The highest BCUT2D eigenvalue weighted by Gasteiger charge is 2.70. The van der Waals surface area contributed by atoms with Gasteiger partial charge < -0.3 is 4.74 Å². The van der Waals surface area contributed by atoms with Crippen molar-refractivity contribution in [1.29, 1.82) is 0 Å². The van der Waals surface area contributed by atoms with Crippen LogP contribution in [0.2, 0.25) is 0 Å². The molecule has 1 heterocycles. The molecule has 0 aromatic heterocycles. The van der Waals surface area contributed by atoms with Crippen LogP contribution in [0.1, 0.15) is 76.6 Å². The normalized spacial score (nSPS) is 27.0. The number of rotatable bonds is 6. The number of methoxy groups -OCH3 is 1. The van der Waals surface area contributed by atoms with Crippen LogP contribution in [0.5, 0.6) is 0 Å². The molecule has 7 aromatic carbocycles. The molecule has 1 aliphatic heterocycles. The van der Waals surface area contributed by atoms with Crippen LogP contribution in [0, 0.1) is 0 Å². The standard InChI is InChI=1S/C45H31NO2/c1-48-31(47)9-5-8-28(20-6-3-2-4-7-20)46-29-13-12-23-16-26-17-24-14-21-10-11-22-15-25-18-27-19-30(46)45(29)43(23)41-35(26)34(24)38-32(21)33(22)39-36(25)37(27)44(45)42(41)40(38)39/h2-4,6-7,10-15,19,26,28-30H,5,8-9,16-18H2,1H3/t26-,28?,29-,30-,45?/m0/s1. The number of carbonyl (C=O) groups is 1. The molecule has 0 bridgehead atoms. The second-order valence-electron chi connectivity index (χ2n) is 16.0. The van der Waals surface area contributed by atoms with Crippen molar-refractivity contribution < 1.29 is 9.53 Å². The van der Waals surface area contributed by atoms with Crippen molar-refractivity contribution in [3.05, 3.63) is 117 Å². The number of ether oxygens (including phenoxy) is 1. The van der Waals surface area contributed by atoms with Gasteiger partial charge in [-0.2, -0.15) is 0 Å². The smallest absolute Gasteiger partial charge is 0.305 e. The molecule has 0 N–H and O–H groups in total. The summed E-state index contributed by atoms with van der Waals surface area (Å²) in [6.45, 7) is 0. The Labute approximate surface area is 277 Å². The number of allylic oxidation sites excluding steroid dienone is 3. The van der Waals surface area contributed by atoms with Crippen molar-refractivity contribution in [3.8, 4) is 0 Å². The van der Waals surface area contributed by atoms with Crippen molar-refractivity contribution >= 4 is 71.0 Å². The minimum absolute atomic E-state index is 0.0408. The first-order valence-electron chi connectivity index (χ1n) is 18.0. The number of esters is 1. The Morgan fingerprint density at radius 2 is 1.67 bits per heavy atom. The Morgan fingerprint density at radius 3 is 2.50 bits per heavy atom. The fraction of sp³-hybridized carbons (Fsp3) is 0.267. The molecule has 7 aromatic rings. The topological polar surface area (TPSA) is 29.5 Å². The van der Waals surface area contributed by atoms with Crippen LogP contribution in [-0.4, -0.2) is 30.1 Å². The number of hydrogen-bond acceptors (Lipinski definition) is 3. The van der Waals surface area contributed by atoms with E-state index in [1.807, 2.05) is 0 Å². The molecule has 1 spiro atoms. The summed E-state index contributed by atoms with van der Waals surface area (Å²) >= 11 is 0. The van der Waals surface area contributed by atoms with Crippen LogP contribution in [0.4, 0.5) is 0 Å². The van der Waals surface area contributed by atoms with E-state index in [0.29, 0.717) is 18.4 Å². The summed E-state index contributed by atoms with van der Waals surface area (Å²) in [5.74, 6) is 0.469. The lowest BCUT2D eigenvalue weighted by Gasteiger charge is -2.67. The fourth-order valence-corrected chi connectivity index (χ4v) is 13.1. The van der Waals surface area contributed by atoms with E-state index in [9.17, 15) is 4.79 Å². The average molecular weight is 618 g/mol. The van der Waals surface area contributed by atoms with Gasteiger partial charge in [0.25, 0.3) is 0 Å². The van der Waals surface area contributed by atoms with Crippen molar-refractivity contribution in [2.45, 2.75) is 68.0 Å². The van der Waals surface area contributed by atoms with E-state index in [-0.39, 0.29) is 23.5 Å². The van der Waals surface area contributed by atoms with Crippen LogP contribution in [0.15, 0.2) is 78.4 Å². The van der Waals surface area contributed by atoms with Crippen molar-refractivity contribution in [2.75, 3.05) is 7.11 Å².